The molecule has 0 amide bonds. The summed E-state index contributed by atoms with van der Waals surface area (Å²) in [5.74, 6) is 0.892. The molecule has 112 valence electrons. The fraction of sp³-hybridized carbons (Fsp3) is 0.333. The van der Waals surface area contributed by atoms with E-state index in [1.807, 2.05) is 12.1 Å². The van der Waals surface area contributed by atoms with Crippen LogP contribution >= 0.6 is 15.9 Å². The van der Waals surface area contributed by atoms with Crippen molar-refractivity contribution in [2.75, 3.05) is 13.7 Å². The lowest BCUT2D eigenvalue weighted by Crippen LogP contribution is -2.24. The molecule has 3 heteroatoms. The van der Waals surface area contributed by atoms with E-state index in [1.54, 1.807) is 7.11 Å². The SMILES string of the molecule is CCCNC(c1cccc(OC)c1)c1cc(Br)ccc1C. The zero-order valence-corrected chi connectivity index (χ0v) is 14.4. The number of nitrogens with one attached hydrogen (secondary N) is 1. The molecule has 21 heavy (non-hydrogen) atoms. The van der Waals surface area contributed by atoms with Crippen LogP contribution in [0.4, 0.5) is 0 Å². The Bertz CT molecular complexity index is 598. The van der Waals surface area contributed by atoms with Gasteiger partial charge in [0.05, 0.1) is 13.2 Å². The van der Waals surface area contributed by atoms with Crippen molar-refractivity contribution in [3.8, 4) is 5.75 Å². The van der Waals surface area contributed by atoms with Gasteiger partial charge in [0, 0.05) is 4.47 Å². The number of ether oxygens (including phenoxy) is 1. The fourth-order valence-corrected chi connectivity index (χ4v) is 2.82. The highest BCUT2D eigenvalue weighted by Gasteiger charge is 2.16. The highest BCUT2D eigenvalue weighted by Crippen LogP contribution is 2.29. The Kier molecular flexibility index (Phi) is 5.83. The fourth-order valence-electron chi connectivity index (χ4n) is 2.44. The maximum atomic E-state index is 5.36. The highest BCUT2D eigenvalue weighted by atomic mass is 79.9. The van der Waals surface area contributed by atoms with Gasteiger partial charge < -0.3 is 10.1 Å². The first-order valence-electron chi connectivity index (χ1n) is 7.29. The molecule has 1 N–H and O–H groups in total. The summed E-state index contributed by atoms with van der Waals surface area (Å²) in [6.07, 6.45) is 1.10. The largest absolute Gasteiger partial charge is 0.497 e. The van der Waals surface area contributed by atoms with Gasteiger partial charge in [0.1, 0.15) is 5.75 Å². The minimum absolute atomic E-state index is 0.178. The summed E-state index contributed by atoms with van der Waals surface area (Å²) >= 11 is 3.58. The van der Waals surface area contributed by atoms with Gasteiger partial charge in [0.25, 0.3) is 0 Å². The van der Waals surface area contributed by atoms with E-state index in [0.29, 0.717) is 0 Å². The Morgan fingerprint density at radius 3 is 2.71 bits per heavy atom. The van der Waals surface area contributed by atoms with Crippen LogP contribution in [0, 0.1) is 6.92 Å². The van der Waals surface area contributed by atoms with E-state index in [0.717, 1.165) is 23.2 Å². The molecule has 0 aliphatic heterocycles. The number of methoxy groups -OCH3 is 1. The second-order valence-corrected chi connectivity index (χ2v) is 6.08. The number of hydrogen-bond donors (Lipinski definition) is 1. The first-order chi connectivity index (χ1) is 10.2. The van der Waals surface area contributed by atoms with E-state index in [4.69, 9.17) is 4.74 Å². The quantitative estimate of drug-likeness (QED) is 0.805. The van der Waals surface area contributed by atoms with Gasteiger partial charge in [-0.25, -0.2) is 0 Å². The molecule has 0 heterocycles. The van der Waals surface area contributed by atoms with Gasteiger partial charge in [-0.1, -0.05) is 41.1 Å². The van der Waals surface area contributed by atoms with Crippen molar-refractivity contribution in [2.24, 2.45) is 0 Å². The van der Waals surface area contributed by atoms with E-state index in [-0.39, 0.29) is 6.04 Å². The van der Waals surface area contributed by atoms with Gasteiger partial charge >= 0.3 is 0 Å². The maximum absolute atomic E-state index is 5.36. The summed E-state index contributed by atoms with van der Waals surface area (Å²) in [7, 11) is 1.71. The van der Waals surface area contributed by atoms with Crippen LogP contribution in [0.25, 0.3) is 0 Å². The van der Waals surface area contributed by atoms with Crippen molar-refractivity contribution in [3.05, 3.63) is 63.6 Å². The number of halogens is 1. The second kappa shape index (κ2) is 7.62. The van der Waals surface area contributed by atoms with Gasteiger partial charge in [0.2, 0.25) is 0 Å². The van der Waals surface area contributed by atoms with Crippen molar-refractivity contribution < 1.29 is 4.74 Å². The van der Waals surface area contributed by atoms with Crippen LogP contribution in [0.15, 0.2) is 46.9 Å². The smallest absolute Gasteiger partial charge is 0.119 e. The van der Waals surface area contributed by atoms with Crippen molar-refractivity contribution >= 4 is 15.9 Å². The normalized spacial score (nSPS) is 12.2. The standard InChI is InChI=1S/C18H22BrNO/c1-4-10-20-18(14-6-5-7-16(11-14)21-3)17-12-15(19)9-8-13(17)2/h5-9,11-12,18,20H,4,10H2,1-3H3. The minimum atomic E-state index is 0.178. The lowest BCUT2D eigenvalue weighted by molar-refractivity contribution is 0.413. The van der Waals surface area contributed by atoms with Crippen LogP contribution in [0.3, 0.4) is 0 Å². The third-order valence-electron chi connectivity index (χ3n) is 3.58. The molecule has 0 saturated carbocycles. The zero-order valence-electron chi connectivity index (χ0n) is 12.8. The molecule has 0 aliphatic rings. The second-order valence-electron chi connectivity index (χ2n) is 5.16. The molecule has 0 aliphatic carbocycles. The molecule has 1 atom stereocenters. The minimum Gasteiger partial charge on any atom is -0.497 e. The summed E-state index contributed by atoms with van der Waals surface area (Å²) in [5.41, 5.74) is 3.81. The lowest BCUT2D eigenvalue weighted by atomic mass is 9.94. The molecule has 0 bridgehead atoms. The van der Waals surface area contributed by atoms with Crippen molar-refractivity contribution in [3.63, 3.8) is 0 Å². The molecule has 2 aromatic rings. The number of rotatable bonds is 6. The summed E-state index contributed by atoms with van der Waals surface area (Å²) in [4.78, 5) is 0. The van der Waals surface area contributed by atoms with Crippen LogP contribution in [0.2, 0.25) is 0 Å². The number of benzene rings is 2. The molecule has 0 saturated heterocycles. The Hall–Kier alpha value is -1.32. The molecular formula is C18H22BrNO. The molecule has 0 radical (unpaired) electrons. The monoisotopic (exact) mass is 347 g/mol. The highest BCUT2D eigenvalue weighted by molar-refractivity contribution is 9.10. The predicted octanol–water partition coefficient (Wildman–Crippen LogP) is 4.86. The van der Waals surface area contributed by atoms with E-state index in [1.165, 1.54) is 16.7 Å². The molecular weight excluding hydrogens is 326 g/mol. The third-order valence-corrected chi connectivity index (χ3v) is 4.07. The summed E-state index contributed by atoms with van der Waals surface area (Å²) in [5, 5.41) is 3.64. The molecule has 0 spiro atoms. The zero-order chi connectivity index (χ0) is 15.2. The molecule has 1 unspecified atom stereocenters. The van der Waals surface area contributed by atoms with Crippen LogP contribution in [-0.2, 0) is 0 Å². The van der Waals surface area contributed by atoms with Gasteiger partial charge in [-0.3, -0.25) is 0 Å². The number of aryl methyl sites for hydroxylation is 1. The molecule has 2 nitrogen and oxygen atoms in total. The summed E-state index contributed by atoms with van der Waals surface area (Å²) in [6, 6.07) is 14.9. The Balaban J connectivity index is 2.44. The topological polar surface area (TPSA) is 21.3 Å². The van der Waals surface area contributed by atoms with Gasteiger partial charge in [-0.15, -0.1) is 0 Å². The van der Waals surface area contributed by atoms with Crippen molar-refractivity contribution in [1.82, 2.24) is 5.32 Å². The Labute approximate surface area is 135 Å². The van der Waals surface area contributed by atoms with Crippen LogP contribution in [-0.4, -0.2) is 13.7 Å². The van der Waals surface area contributed by atoms with Crippen molar-refractivity contribution in [2.45, 2.75) is 26.3 Å². The summed E-state index contributed by atoms with van der Waals surface area (Å²) in [6.45, 7) is 5.32. The van der Waals surface area contributed by atoms with E-state index < -0.39 is 0 Å². The van der Waals surface area contributed by atoms with E-state index in [2.05, 4.69) is 65.4 Å². The Morgan fingerprint density at radius 2 is 2.00 bits per heavy atom. The molecule has 0 fully saturated rings. The van der Waals surface area contributed by atoms with E-state index >= 15 is 0 Å². The van der Waals surface area contributed by atoms with Crippen molar-refractivity contribution in [1.29, 1.82) is 0 Å². The first-order valence-corrected chi connectivity index (χ1v) is 8.08. The third kappa shape index (κ3) is 4.08. The van der Waals surface area contributed by atoms with Gasteiger partial charge in [-0.2, -0.15) is 0 Å². The van der Waals surface area contributed by atoms with Crippen LogP contribution in [0.1, 0.15) is 36.1 Å². The van der Waals surface area contributed by atoms with Gasteiger partial charge in [-0.05, 0) is 60.8 Å². The first kappa shape index (κ1) is 16.1. The molecule has 0 aromatic heterocycles. The maximum Gasteiger partial charge on any atom is 0.119 e. The molecule has 2 rings (SSSR count). The average Bonchev–Trinajstić information content (AvgIpc) is 2.51. The number of hydrogen-bond acceptors (Lipinski definition) is 2. The van der Waals surface area contributed by atoms with E-state index in [9.17, 15) is 0 Å². The van der Waals surface area contributed by atoms with Crippen LogP contribution < -0.4 is 10.1 Å². The summed E-state index contributed by atoms with van der Waals surface area (Å²) < 4.78 is 6.47. The van der Waals surface area contributed by atoms with Gasteiger partial charge in [0.15, 0.2) is 0 Å². The molecule has 2 aromatic carbocycles. The van der Waals surface area contributed by atoms with Crippen LogP contribution in [0.5, 0.6) is 5.75 Å². The Morgan fingerprint density at radius 1 is 1.19 bits per heavy atom. The predicted molar refractivity (Wildman–Crippen MR) is 92.0 cm³/mol. The lowest BCUT2D eigenvalue weighted by Gasteiger charge is -2.22. The average molecular weight is 348 g/mol.